The van der Waals surface area contributed by atoms with Crippen LogP contribution in [0.2, 0.25) is 0 Å². The second-order valence-corrected chi connectivity index (χ2v) is 3.37. The molecule has 2 aliphatic rings. The maximum Gasteiger partial charge on any atom is 0.142 e. The number of allylic oxidation sites excluding steroid dienone is 2. The Kier molecular flexibility index (Phi) is 2.19. The third-order valence-electron chi connectivity index (χ3n) is 2.38. The molecule has 1 N–H and O–H groups in total. The van der Waals surface area contributed by atoms with E-state index in [1.54, 1.807) is 0 Å². The van der Waals surface area contributed by atoms with E-state index in [9.17, 15) is 0 Å². The van der Waals surface area contributed by atoms with Crippen LogP contribution in [0.25, 0.3) is 0 Å². The van der Waals surface area contributed by atoms with E-state index < -0.39 is 0 Å². The summed E-state index contributed by atoms with van der Waals surface area (Å²) in [5.74, 6) is 1.72. The monoisotopic (exact) mass is 177 g/mol. The van der Waals surface area contributed by atoms with E-state index in [0.717, 1.165) is 11.7 Å². The lowest BCUT2D eigenvalue weighted by atomic mass is 10.2. The molecule has 0 aromatic carbocycles. The second-order valence-electron chi connectivity index (χ2n) is 3.37. The topological polar surface area (TPSA) is 27.6 Å². The van der Waals surface area contributed by atoms with E-state index in [0.29, 0.717) is 0 Å². The standard InChI is InChI=1S/C10H15N3/c1-3-10-12-9(8-4-5-8)6-7-13(10)11-2/h3,6-8,11H,4-5H2,1-2H3. The van der Waals surface area contributed by atoms with Gasteiger partial charge in [0, 0.05) is 24.9 Å². The van der Waals surface area contributed by atoms with Crippen LogP contribution in [0.3, 0.4) is 0 Å². The van der Waals surface area contributed by atoms with Crippen LogP contribution >= 0.6 is 0 Å². The molecule has 1 heterocycles. The van der Waals surface area contributed by atoms with Crippen LogP contribution in [-0.4, -0.2) is 17.8 Å². The molecule has 3 heteroatoms. The smallest absolute Gasteiger partial charge is 0.142 e. The minimum atomic E-state index is 0.727. The van der Waals surface area contributed by atoms with Gasteiger partial charge >= 0.3 is 0 Å². The molecule has 1 fully saturated rings. The molecule has 0 bridgehead atoms. The van der Waals surface area contributed by atoms with Crippen molar-refractivity contribution in [2.45, 2.75) is 19.8 Å². The van der Waals surface area contributed by atoms with Gasteiger partial charge in [-0.1, -0.05) is 0 Å². The quantitative estimate of drug-likeness (QED) is 0.694. The zero-order valence-electron chi connectivity index (χ0n) is 8.12. The lowest BCUT2D eigenvalue weighted by Gasteiger charge is -2.22. The summed E-state index contributed by atoms with van der Waals surface area (Å²) in [4.78, 5) is 4.57. The SMILES string of the molecule is CC=C1N=C(C2CC2)C=CN1NC. The Labute approximate surface area is 78.8 Å². The van der Waals surface area contributed by atoms with Crippen molar-refractivity contribution in [3.8, 4) is 0 Å². The highest BCUT2D eigenvalue weighted by Crippen LogP contribution is 2.33. The van der Waals surface area contributed by atoms with Gasteiger partial charge in [0.2, 0.25) is 0 Å². The van der Waals surface area contributed by atoms with Gasteiger partial charge in [-0.15, -0.1) is 0 Å². The van der Waals surface area contributed by atoms with Crippen molar-refractivity contribution in [1.82, 2.24) is 10.4 Å². The van der Waals surface area contributed by atoms with Crippen LogP contribution in [0.1, 0.15) is 19.8 Å². The van der Waals surface area contributed by atoms with Gasteiger partial charge in [0.15, 0.2) is 0 Å². The van der Waals surface area contributed by atoms with Gasteiger partial charge in [0.25, 0.3) is 0 Å². The molecular formula is C10H15N3. The summed E-state index contributed by atoms with van der Waals surface area (Å²) < 4.78 is 0. The summed E-state index contributed by atoms with van der Waals surface area (Å²) in [6.45, 7) is 2.01. The molecule has 1 saturated carbocycles. The Hall–Kier alpha value is -1.09. The highest BCUT2D eigenvalue weighted by atomic mass is 15.5. The highest BCUT2D eigenvalue weighted by molar-refractivity contribution is 5.99. The van der Waals surface area contributed by atoms with Crippen LogP contribution in [-0.2, 0) is 0 Å². The Morgan fingerprint density at radius 3 is 2.92 bits per heavy atom. The Balaban J connectivity index is 2.18. The van der Waals surface area contributed by atoms with Gasteiger partial charge in [-0.05, 0) is 31.9 Å². The summed E-state index contributed by atoms with van der Waals surface area (Å²) in [7, 11) is 1.89. The summed E-state index contributed by atoms with van der Waals surface area (Å²) in [5, 5.41) is 1.92. The molecule has 0 aromatic rings. The van der Waals surface area contributed by atoms with E-state index >= 15 is 0 Å². The molecule has 0 radical (unpaired) electrons. The van der Waals surface area contributed by atoms with Crippen LogP contribution < -0.4 is 5.43 Å². The zero-order valence-corrected chi connectivity index (χ0v) is 8.12. The van der Waals surface area contributed by atoms with Gasteiger partial charge < -0.3 is 0 Å². The first-order chi connectivity index (χ1) is 6.35. The molecule has 3 nitrogen and oxygen atoms in total. The molecule has 0 atom stereocenters. The molecule has 1 aliphatic heterocycles. The lowest BCUT2D eigenvalue weighted by Crippen LogP contribution is -2.31. The molecule has 0 spiro atoms. The molecule has 0 amide bonds. The van der Waals surface area contributed by atoms with Crippen molar-refractivity contribution >= 4 is 5.71 Å². The first-order valence-electron chi connectivity index (χ1n) is 4.75. The summed E-state index contributed by atoms with van der Waals surface area (Å²) in [6.07, 6.45) is 8.76. The lowest BCUT2D eigenvalue weighted by molar-refractivity contribution is 0.367. The summed E-state index contributed by atoms with van der Waals surface area (Å²) >= 11 is 0. The van der Waals surface area contributed by atoms with E-state index in [4.69, 9.17) is 0 Å². The number of nitrogens with one attached hydrogen (secondary N) is 1. The van der Waals surface area contributed by atoms with Gasteiger partial charge in [-0.2, -0.15) is 0 Å². The van der Waals surface area contributed by atoms with Crippen molar-refractivity contribution in [3.05, 3.63) is 24.2 Å². The van der Waals surface area contributed by atoms with E-state index in [1.165, 1.54) is 18.6 Å². The molecule has 13 heavy (non-hydrogen) atoms. The second kappa shape index (κ2) is 3.34. The number of hydrazine groups is 1. The van der Waals surface area contributed by atoms with E-state index in [2.05, 4.69) is 16.5 Å². The third kappa shape index (κ3) is 1.65. The van der Waals surface area contributed by atoms with Crippen molar-refractivity contribution < 1.29 is 0 Å². The maximum atomic E-state index is 4.57. The minimum Gasteiger partial charge on any atom is -0.268 e. The normalized spacial score (nSPS) is 25.2. The molecule has 0 saturated heterocycles. The Morgan fingerprint density at radius 1 is 1.62 bits per heavy atom. The number of hydrogen-bond donors (Lipinski definition) is 1. The highest BCUT2D eigenvalue weighted by Gasteiger charge is 2.27. The average Bonchev–Trinajstić information content (AvgIpc) is 3.00. The van der Waals surface area contributed by atoms with E-state index in [-0.39, 0.29) is 0 Å². The predicted molar refractivity (Wildman–Crippen MR) is 54.0 cm³/mol. The van der Waals surface area contributed by atoms with Gasteiger partial charge in [0.1, 0.15) is 5.82 Å². The Bertz CT molecular complexity index is 285. The summed E-state index contributed by atoms with van der Waals surface area (Å²) in [6, 6.07) is 0. The van der Waals surface area contributed by atoms with Crippen LogP contribution in [0.4, 0.5) is 0 Å². The van der Waals surface area contributed by atoms with Crippen LogP contribution in [0.5, 0.6) is 0 Å². The first-order valence-corrected chi connectivity index (χ1v) is 4.75. The van der Waals surface area contributed by atoms with Gasteiger partial charge in [0.05, 0.1) is 0 Å². The molecular weight excluding hydrogens is 162 g/mol. The number of aliphatic imine (C=N–C) groups is 1. The Morgan fingerprint density at radius 2 is 2.38 bits per heavy atom. The fourth-order valence-corrected chi connectivity index (χ4v) is 1.45. The average molecular weight is 177 g/mol. The van der Waals surface area contributed by atoms with Gasteiger partial charge in [-0.25, -0.2) is 10.4 Å². The number of hydrogen-bond acceptors (Lipinski definition) is 3. The summed E-state index contributed by atoms with van der Waals surface area (Å²) in [5.41, 5.74) is 4.29. The minimum absolute atomic E-state index is 0.727. The largest absolute Gasteiger partial charge is 0.268 e. The third-order valence-corrected chi connectivity index (χ3v) is 2.38. The van der Waals surface area contributed by atoms with E-state index in [1.807, 2.05) is 31.3 Å². The zero-order chi connectivity index (χ0) is 9.26. The first kappa shape index (κ1) is 8.51. The maximum absolute atomic E-state index is 4.57. The molecule has 2 rings (SSSR count). The number of nitrogens with zero attached hydrogens (tertiary/aromatic N) is 2. The molecule has 0 aromatic heterocycles. The fourth-order valence-electron chi connectivity index (χ4n) is 1.45. The predicted octanol–water partition coefficient (Wildman–Crippen LogP) is 1.66. The van der Waals surface area contributed by atoms with Crippen molar-refractivity contribution in [2.75, 3.05) is 7.05 Å². The molecule has 1 aliphatic carbocycles. The number of rotatable bonds is 2. The molecule has 70 valence electrons. The van der Waals surface area contributed by atoms with Crippen molar-refractivity contribution in [3.63, 3.8) is 0 Å². The fraction of sp³-hybridized carbons (Fsp3) is 0.500. The van der Waals surface area contributed by atoms with Crippen LogP contribution in [0.15, 0.2) is 29.2 Å². The van der Waals surface area contributed by atoms with Crippen molar-refractivity contribution in [2.24, 2.45) is 10.9 Å². The van der Waals surface area contributed by atoms with Crippen molar-refractivity contribution in [1.29, 1.82) is 0 Å². The van der Waals surface area contributed by atoms with Crippen LogP contribution in [0, 0.1) is 5.92 Å². The molecule has 0 unspecified atom stereocenters. The van der Waals surface area contributed by atoms with Gasteiger partial charge in [-0.3, -0.25) is 5.01 Å².